The fourth-order valence-electron chi connectivity index (χ4n) is 4.06. The topological polar surface area (TPSA) is 78.9 Å². The molecule has 0 spiro atoms. The van der Waals surface area contributed by atoms with E-state index in [1.54, 1.807) is 16.4 Å². The molecule has 4 rings (SSSR count). The van der Waals surface area contributed by atoms with Crippen molar-refractivity contribution < 1.29 is 17.9 Å². The van der Waals surface area contributed by atoms with Crippen molar-refractivity contribution in [1.82, 2.24) is 9.21 Å². The number of amides is 1. The van der Waals surface area contributed by atoms with Crippen LogP contribution in [0.2, 0.25) is 0 Å². The molecular weight excluding hydrogens is 410 g/mol. The first-order valence-corrected chi connectivity index (χ1v) is 12.0. The summed E-state index contributed by atoms with van der Waals surface area (Å²) in [5, 5.41) is 4.68. The molecule has 1 aromatic heterocycles. The maximum atomic E-state index is 13.0. The Bertz CT molecular complexity index is 964. The molecule has 156 valence electrons. The molecule has 7 nitrogen and oxygen atoms in total. The summed E-state index contributed by atoms with van der Waals surface area (Å²) in [6, 6.07) is 8.84. The number of hydrogen-bond acceptors (Lipinski definition) is 6. The third-order valence-electron chi connectivity index (χ3n) is 5.70. The van der Waals surface area contributed by atoms with Gasteiger partial charge in [0.1, 0.15) is 0 Å². The second kappa shape index (κ2) is 8.43. The van der Waals surface area contributed by atoms with Crippen molar-refractivity contribution in [2.24, 2.45) is 0 Å². The van der Waals surface area contributed by atoms with E-state index in [9.17, 15) is 13.2 Å². The van der Waals surface area contributed by atoms with Gasteiger partial charge in [0.2, 0.25) is 10.0 Å². The van der Waals surface area contributed by atoms with Crippen molar-refractivity contribution in [3.63, 3.8) is 0 Å². The van der Waals surface area contributed by atoms with E-state index in [4.69, 9.17) is 0 Å². The van der Waals surface area contributed by atoms with Crippen LogP contribution in [0.25, 0.3) is 0 Å². The number of fused-ring (bicyclic) bond motifs is 1. The predicted octanol–water partition coefficient (Wildman–Crippen LogP) is 3.14. The van der Waals surface area contributed by atoms with Crippen LogP contribution in [0.1, 0.15) is 23.3 Å². The van der Waals surface area contributed by atoms with Crippen LogP contribution in [0.15, 0.2) is 40.6 Å². The second-order valence-electron chi connectivity index (χ2n) is 7.37. The summed E-state index contributed by atoms with van der Waals surface area (Å²) >= 11 is 1.84. The maximum absolute atomic E-state index is 13.0. The lowest BCUT2D eigenvalue weighted by molar-refractivity contribution is 0.127. The first-order chi connectivity index (χ1) is 14.0. The lowest BCUT2D eigenvalue weighted by Gasteiger charge is -2.39. The van der Waals surface area contributed by atoms with E-state index in [1.165, 1.54) is 29.7 Å². The zero-order valence-electron chi connectivity index (χ0n) is 16.3. The van der Waals surface area contributed by atoms with Gasteiger partial charge in [-0.25, -0.2) is 13.2 Å². The van der Waals surface area contributed by atoms with Crippen molar-refractivity contribution >= 4 is 33.1 Å². The molecule has 1 amide bonds. The van der Waals surface area contributed by atoms with Crippen LogP contribution >= 0.6 is 11.3 Å². The Morgan fingerprint density at radius 3 is 2.55 bits per heavy atom. The predicted molar refractivity (Wildman–Crippen MR) is 113 cm³/mol. The number of nitrogens with one attached hydrogen (secondary N) is 1. The number of nitrogens with zero attached hydrogens (tertiary/aromatic N) is 2. The minimum atomic E-state index is -3.53. The normalized spacial score (nSPS) is 18.9. The second-order valence-corrected chi connectivity index (χ2v) is 10.3. The van der Waals surface area contributed by atoms with E-state index in [1.807, 2.05) is 11.3 Å². The van der Waals surface area contributed by atoms with Crippen LogP contribution in [0.3, 0.4) is 0 Å². The first kappa shape index (κ1) is 20.3. The lowest BCUT2D eigenvalue weighted by atomic mass is 10.0. The number of rotatable bonds is 4. The van der Waals surface area contributed by atoms with Gasteiger partial charge in [-0.1, -0.05) is 0 Å². The molecule has 9 heteroatoms. The average Bonchev–Trinajstić information content (AvgIpc) is 3.22. The maximum Gasteiger partial charge on any atom is 0.411 e. The molecule has 29 heavy (non-hydrogen) atoms. The summed E-state index contributed by atoms with van der Waals surface area (Å²) < 4.78 is 32.1. The summed E-state index contributed by atoms with van der Waals surface area (Å²) in [5.74, 6) is 0. The summed E-state index contributed by atoms with van der Waals surface area (Å²) in [4.78, 5) is 15.5. The summed E-state index contributed by atoms with van der Waals surface area (Å²) in [6.07, 6.45) is 2.20. The smallest absolute Gasteiger partial charge is 0.411 e. The Hall–Kier alpha value is -1.94. The molecule has 0 unspecified atom stereocenters. The van der Waals surface area contributed by atoms with Crippen LogP contribution in [0, 0.1) is 0 Å². The largest absolute Gasteiger partial charge is 0.453 e. The highest BCUT2D eigenvalue weighted by atomic mass is 32.2. The van der Waals surface area contributed by atoms with Gasteiger partial charge in [-0.05, 0) is 60.5 Å². The Morgan fingerprint density at radius 1 is 1.14 bits per heavy atom. The molecule has 3 heterocycles. The Kier molecular flexibility index (Phi) is 5.91. The van der Waals surface area contributed by atoms with Crippen LogP contribution in [0.4, 0.5) is 10.5 Å². The summed E-state index contributed by atoms with van der Waals surface area (Å²) in [5.41, 5.74) is 1.92. The molecular formula is C20H25N3O4S2. The zero-order valence-corrected chi connectivity index (χ0v) is 18.0. The molecule has 1 aromatic carbocycles. The van der Waals surface area contributed by atoms with Gasteiger partial charge in [0.05, 0.1) is 12.0 Å². The van der Waals surface area contributed by atoms with E-state index >= 15 is 0 Å². The SMILES string of the molecule is COC(=O)Nc1ccc(S(=O)(=O)N2CCC(N3CCc4sccc4C3)CC2)cc1. The minimum absolute atomic E-state index is 0.243. The van der Waals surface area contributed by atoms with Gasteiger partial charge in [-0.2, -0.15) is 4.31 Å². The van der Waals surface area contributed by atoms with E-state index in [0.29, 0.717) is 24.8 Å². The highest BCUT2D eigenvalue weighted by Crippen LogP contribution is 2.29. The van der Waals surface area contributed by atoms with Gasteiger partial charge >= 0.3 is 6.09 Å². The molecule has 2 aliphatic rings. The van der Waals surface area contributed by atoms with Crippen molar-refractivity contribution in [3.8, 4) is 0 Å². The molecule has 1 saturated heterocycles. The van der Waals surface area contributed by atoms with Gasteiger partial charge in [-0.3, -0.25) is 10.2 Å². The molecule has 0 bridgehead atoms. The number of carbonyl (C=O) groups is 1. The van der Waals surface area contributed by atoms with Gasteiger partial charge in [0.25, 0.3) is 0 Å². The van der Waals surface area contributed by atoms with E-state index in [2.05, 4.69) is 26.4 Å². The van der Waals surface area contributed by atoms with Gasteiger partial charge < -0.3 is 4.74 Å². The third-order valence-corrected chi connectivity index (χ3v) is 8.64. The fourth-order valence-corrected chi connectivity index (χ4v) is 6.42. The first-order valence-electron chi connectivity index (χ1n) is 9.72. The standard InChI is InChI=1S/C20H25N3O4S2/c1-27-20(24)21-16-2-4-18(5-3-16)29(25,26)23-11-6-17(7-12-23)22-10-8-19-15(14-22)9-13-28-19/h2-5,9,13,17H,6-8,10-12,14H2,1H3,(H,21,24). The molecule has 1 fully saturated rings. The molecule has 2 aliphatic heterocycles. The fraction of sp³-hybridized carbons (Fsp3) is 0.450. The van der Waals surface area contributed by atoms with E-state index in [-0.39, 0.29) is 4.90 Å². The number of piperidine rings is 1. The molecule has 0 aliphatic carbocycles. The number of sulfonamides is 1. The molecule has 0 atom stereocenters. The van der Waals surface area contributed by atoms with Crippen molar-refractivity contribution in [1.29, 1.82) is 0 Å². The van der Waals surface area contributed by atoms with Crippen LogP contribution < -0.4 is 5.32 Å². The van der Waals surface area contributed by atoms with Crippen molar-refractivity contribution in [2.75, 3.05) is 32.1 Å². The zero-order chi connectivity index (χ0) is 20.4. The Morgan fingerprint density at radius 2 is 1.86 bits per heavy atom. The van der Waals surface area contributed by atoms with E-state index < -0.39 is 16.1 Å². The number of carbonyl (C=O) groups excluding carboxylic acids is 1. The molecule has 2 aromatic rings. The average molecular weight is 436 g/mol. The monoisotopic (exact) mass is 435 g/mol. The number of anilines is 1. The molecule has 1 N–H and O–H groups in total. The van der Waals surface area contributed by atoms with Crippen molar-refractivity contribution in [3.05, 3.63) is 46.2 Å². The quantitative estimate of drug-likeness (QED) is 0.798. The highest BCUT2D eigenvalue weighted by molar-refractivity contribution is 7.89. The molecule has 0 saturated carbocycles. The summed E-state index contributed by atoms with van der Waals surface area (Å²) in [6.45, 7) is 3.09. The van der Waals surface area contributed by atoms with Crippen LogP contribution in [-0.2, 0) is 27.7 Å². The van der Waals surface area contributed by atoms with Gasteiger partial charge in [0, 0.05) is 42.8 Å². The number of thiophene rings is 1. The highest BCUT2D eigenvalue weighted by Gasteiger charge is 2.32. The molecule has 0 radical (unpaired) electrons. The number of benzene rings is 1. The number of ether oxygens (including phenoxy) is 1. The van der Waals surface area contributed by atoms with Crippen LogP contribution in [0.5, 0.6) is 0 Å². The Labute approximate surface area is 175 Å². The third kappa shape index (κ3) is 4.32. The minimum Gasteiger partial charge on any atom is -0.453 e. The van der Waals surface area contributed by atoms with Crippen LogP contribution in [-0.4, -0.2) is 56.5 Å². The number of methoxy groups -OCH3 is 1. The van der Waals surface area contributed by atoms with Crippen molar-refractivity contribution in [2.45, 2.75) is 36.7 Å². The summed E-state index contributed by atoms with van der Waals surface area (Å²) in [7, 11) is -2.26. The number of hydrogen-bond donors (Lipinski definition) is 1. The van der Waals surface area contributed by atoms with Gasteiger partial charge in [0.15, 0.2) is 0 Å². The van der Waals surface area contributed by atoms with E-state index in [0.717, 1.165) is 32.4 Å². The Balaban J connectivity index is 1.37. The van der Waals surface area contributed by atoms with Gasteiger partial charge in [-0.15, -0.1) is 11.3 Å². The lowest BCUT2D eigenvalue weighted by Crippen LogP contribution is -2.47.